The number of methoxy groups -OCH3 is 1. The van der Waals surface area contributed by atoms with Gasteiger partial charge >= 0.3 is 0 Å². The number of nitrogen functional groups attached to an aromatic ring is 1. The Labute approximate surface area is 232 Å². The van der Waals surface area contributed by atoms with Crippen molar-refractivity contribution in [2.24, 2.45) is 0 Å². The summed E-state index contributed by atoms with van der Waals surface area (Å²) in [6, 6.07) is 13.1. The van der Waals surface area contributed by atoms with Crippen molar-refractivity contribution in [3.05, 3.63) is 76.7 Å². The van der Waals surface area contributed by atoms with Crippen LogP contribution in [0.25, 0.3) is 10.8 Å². The van der Waals surface area contributed by atoms with E-state index in [1.807, 2.05) is 25.2 Å². The number of aromatic nitrogens is 3. The van der Waals surface area contributed by atoms with Crippen LogP contribution in [0.5, 0.6) is 11.6 Å². The Hall–Kier alpha value is -4.10. The van der Waals surface area contributed by atoms with Crippen LogP contribution in [0.3, 0.4) is 0 Å². The summed E-state index contributed by atoms with van der Waals surface area (Å²) in [5, 5.41) is 5.21. The van der Waals surface area contributed by atoms with Crippen LogP contribution in [0, 0.1) is 11.8 Å². The first kappa shape index (κ1) is 26.5. The first-order chi connectivity index (χ1) is 19.0. The summed E-state index contributed by atoms with van der Waals surface area (Å²) in [5.41, 5.74) is 8.60. The molecule has 5 rings (SSSR count). The molecule has 10 heteroatoms. The Morgan fingerprint density at radius 1 is 1.05 bits per heavy atom. The van der Waals surface area contributed by atoms with Gasteiger partial charge in [-0.2, -0.15) is 0 Å². The Bertz CT molecular complexity index is 1530. The fourth-order valence-electron chi connectivity index (χ4n) is 4.30. The van der Waals surface area contributed by atoms with Gasteiger partial charge in [0.15, 0.2) is 0 Å². The minimum atomic E-state index is 0.278. The number of halogens is 1. The quantitative estimate of drug-likeness (QED) is 0.184. The maximum atomic E-state index is 6.16. The van der Waals surface area contributed by atoms with Crippen LogP contribution in [-0.2, 0) is 11.3 Å². The van der Waals surface area contributed by atoms with E-state index in [9.17, 15) is 0 Å². The van der Waals surface area contributed by atoms with Crippen LogP contribution in [0.2, 0.25) is 5.15 Å². The lowest BCUT2D eigenvalue weighted by atomic mass is 10.1. The zero-order valence-electron chi connectivity index (χ0n) is 21.8. The molecule has 1 fully saturated rings. The molecule has 4 aromatic rings. The predicted octanol–water partition coefficient (Wildman–Crippen LogP) is 3.99. The standard InChI is InChI=1S/C29H29ClN6O3/c1-32-29-24-15-33-27(31)13-23(24)20(14-34-29)8-6-19-7-9-21(16-36-17-22(18-36)37-2)25(12-19)38-10-11-39-28-5-3-4-26(30)35-28/h3-5,7,9,12-15,22H,10-11,16-18H2,1-2H3,(H2,31,33)(H,32,34). The lowest BCUT2D eigenvalue weighted by molar-refractivity contribution is -0.0337. The highest BCUT2D eigenvalue weighted by atomic mass is 35.5. The third kappa shape index (κ3) is 6.49. The summed E-state index contributed by atoms with van der Waals surface area (Å²) in [6.07, 6.45) is 3.73. The summed E-state index contributed by atoms with van der Waals surface area (Å²) in [7, 11) is 3.56. The van der Waals surface area contributed by atoms with Gasteiger partial charge in [0.1, 0.15) is 35.8 Å². The number of pyridine rings is 3. The van der Waals surface area contributed by atoms with Gasteiger partial charge in [-0.3, -0.25) is 4.90 Å². The summed E-state index contributed by atoms with van der Waals surface area (Å²) >= 11 is 5.94. The average Bonchev–Trinajstić information content (AvgIpc) is 2.92. The molecule has 39 heavy (non-hydrogen) atoms. The van der Waals surface area contributed by atoms with Crippen LogP contribution in [0.15, 0.2) is 54.9 Å². The second-order valence-electron chi connectivity index (χ2n) is 9.05. The van der Waals surface area contributed by atoms with E-state index in [1.165, 1.54) is 0 Å². The van der Waals surface area contributed by atoms with Crippen molar-refractivity contribution in [1.82, 2.24) is 19.9 Å². The second-order valence-corrected chi connectivity index (χ2v) is 9.43. The molecule has 3 aromatic heterocycles. The second kappa shape index (κ2) is 12.2. The van der Waals surface area contributed by atoms with E-state index >= 15 is 0 Å². The summed E-state index contributed by atoms with van der Waals surface area (Å²) < 4.78 is 17.3. The van der Waals surface area contributed by atoms with Crippen LogP contribution >= 0.6 is 11.6 Å². The molecule has 0 radical (unpaired) electrons. The number of anilines is 2. The number of nitrogens with one attached hydrogen (secondary N) is 1. The van der Waals surface area contributed by atoms with Crippen molar-refractivity contribution in [2.75, 3.05) is 51.5 Å². The molecule has 0 amide bonds. The summed E-state index contributed by atoms with van der Waals surface area (Å²) in [5.74, 6) is 8.87. The van der Waals surface area contributed by atoms with Crippen molar-refractivity contribution in [3.8, 4) is 23.5 Å². The topological polar surface area (TPSA) is 108 Å². The number of ether oxygens (including phenoxy) is 3. The van der Waals surface area contributed by atoms with E-state index in [2.05, 4.69) is 43.1 Å². The molecule has 0 bridgehead atoms. The molecular weight excluding hydrogens is 516 g/mol. The van der Waals surface area contributed by atoms with Crippen molar-refractivity contribution >= 4 is 34.0 Å². The average molecular weight is 545 g/mol. The third-order valence-electron chi connectivity index (χ3n) is 6.37. The first-order valence-corrected chi connectivity index (χ1v) is 12.9. The summed E-state index contributed by atoms with van der Waals surface area (Å²) in [4.78, 5) is 15.1. The lowest BCUT2D eigenvalue weighted by Crippen LogP contribution is -2.50. The smallest absolute Gasteiger partial charge is 0.214 e. The highest BCUT2D eigenvalue weighted by Crippen LogP contribution is 2.27. The molecule has 3 N–H and O–H groups in total. The van der Waals surface area contributed by atoms with Crippen molar-refractivity contribution in [2.45, 2.75) is 12.6 Å². The van der Waals surface area contributed by atoms with Crippen LogP contribution < -0.4 is 20.5 Å². The van der Waals surface area contributed by atoms with E-state index < -0.39 is 0 Å². The minimum absolute atomic E-state index is 0.278. The van der Waals surface area contributed by atoms with Gasteiger partial charge in [0.2, 0.25) is 5.88 Å². The van der Waals surface area contributed by atoms with Crippen LogP contribution in [0.4, 0.5) is 11.6 Å². The van der Waals surface area contributed by atoms with Gasteiger partial charge in [0.25, 0.3) is 0 Å². The molecule has 9 nitrogen and oxygen atoms in total. The highest BCUT2D eigenvalue weighted by molar-refractivity contribution is 6.29. The Balaban J connectivity index is 1.36. The summed E-state index contributed by atoms with van der Waals surface area (Å²) in [6.45, 7) is 3.20. The number of nitrogens with two attached hydrogens (primary N) is 1. The number of hydrogen-bond donors (Lipinski definition) is 2. The number of rotatable bonds is 9. The Morgan fingerprint density at radius 2 is 1.90 bits per heavy atom. The van der Waals surface area contributed by atoms with Crippen molar-refractivity contribution < 1.29 is 14.2 Å². The van der Waals surface area contributed by atoms with E-state index in [1.54, 1.807) is 37.7 Å². The van der Waals surface area contributed by atoms with E-state index in [4.69, 9.17) is 31.5 Å². The third-order valence-corrected chi connectivity index (χ3v) is 6.58. The SMILES string of the molecule is CNc1ncc(C#Cc2ccc(CN3CC(OC)C3)c(OCCOc3cccc(Cl)n3)c2)c2cc(N)ncc12. The number of hydrogen-bond acceptors (Lipinski definition) is 9. The van der Waals surface area contributed by atoms with Gasteiger partial charge in [-0.05, 0) is 24.3 Å². The van der Waals surface area contributed by atoms with Gasteiger partial charge in [-0.15, -0.1) is 0 Å². The molecule has 0 spiro atoms. The highest BCUT2D eigenvalue weighted by Gasteiger charge is 2.27. The van der Waals surface area contributed by atoms with Gasteiger partial charge in [-0.25, -0.2) is 15.0 Å². The van der Waals surface area contributed by atoms with E-state index in [0.29, 0.717) is 30.1 Å². The monoisotopic (exact) mass is 544 g/mol. The van der Waals surface area contributed by atoms with Crippen LogP contribution in [0.1, 0.15) is 16.7 Å². The fourth-order valence-corrected chi connectivity index (χ4v) is 4.45. The number of likely N-dealkylation sites (tertiary alicyclic amines) is 1. The maximum absolute atomic E-state index is 6.16. The number of fused-ring (bicyclic) bond motifs is 1. The van der Waals surface area contributed by atoms with Gasteiger partial charge in [-0.1, -0.05) is 35.6 Å². The predicted molar refractivity (Wildman–Crippen MR) is 152 cm³/mol. The van der Waals surface area contributed by atoms with Gasteiger partial charge < -0.3 is 25.3 Å². The molecule has 0 saturated carbocycles. The van der Waals surface area contributed by atoms with E-state index in [0.717, 1.165) is 58.7 Å². The molecule has 4 heterocycles. The molecule has 0 aliphatic carbocycles. The Morgan fingerprint density at radius 3 is 2.69 bits per heavy atom. The Kier molecular flexibility index (Phi) is 8.27. The van der Waals surface area contributed by atoms with Crippen molar-refractivity contribution in [1.29, 1.82) is 0 Å². The van der Waals surface area contributed by atoms with Crippen molar-refractivity contribution in [3.63, 3.8) is 0 Å². The molecule has 0 unspecified atom stereocenters. The minimum Gasteiger partial charge on any atom is -0.490 e. The van der Waals surface area contributed by atoms with Crippen LogP contribution in [-0.4, -0.2) is 66.4 Å². The first-order valence-electron chi connectivity index (χ1n) is 12.5. The zero-order chi connectivity index (χ0) is 27.2. The van der Waals surface area contributed by atoms with Gasteiger partial charge in [0, 0.05) is 74.2 Å². The molecule has 1 aliphatic heterocycles. The normalized spacial score (nSPS) is 13.4. The molecule has 200 valence electrons. The number of benzene rings is 1. The van der Waals surface area contributed by atoms with E-state index in [-0.39, 0.29) is 6.10 Å². The lowest BCUT2D eigenvalue weighted by Gasteiger charge is -2.38. The maximum Gasteiger partial charge on any atom is 0.214 e. The largest absolute Gasteiger partial charge is 0.490 e. The molecule has 1 aliphatic rings. The van der Waals surface area contributed by atoms with Gasteiger partial charge in [0.05, 0.1) is 11.7 Å². The zero-order valence-corrected chi connectivity index (χ0v) is 22.5. The molecule has 1 saturated heterocycles. The fraction of sp³-hybridized carbons (Fsp3) is 0.276. The molecule has 0 atom stereocenters. The molecular formula is C29H29ClN6O3. The molecule has 1 aromatic carbocycles. The number of nitrogens with zero attached hydrogens (tertiary/aromatic N) is 4.